The first-order chi connectivity index (χ1) is 9.78. The average Bonchev–Trinajstić information content (AvgIpc) is 2.90. The predicted octanol–water partition coefficient (Wildman–Crippen LogP) is 2.60. The van der Waals surface area contributed by atoms with Crippen molar-refractivity contribution >= 4 is 10.8 Å². The number of rotatable bonds is 4. The molecule has 0 radical (unpaired) electrons. The van der Waals surface area contributed by atoms with Gasteiger partial charge >= 0.3 is 0 Å². The Morgan fingerprint density at radius 3 is 2.75 bits per heavy atom. The molecule has 5 nitrogen and oxygen atoms in total. The van der Waals surface area contributed by atoms with Crippen LogP contribution in [0.1, 0.15) is 17.3 Å². The van der Waals surface area contributed by atoms with Crippen LogP contribution in [-0.4, -0.2) is 15.3 Å². The molecule has 102 valence electrons. The van der Waals surface area contributed by atoms with Crippen molar-refractivity contribution in [2.24, 2.45) is 0 Å². The van der Waals surface area contributed by atoms with Crippen LogP contribution in [0.3, 0.4) is 0 Å². The van der Waals surface area contributed by atoms with Gasteiger partial charge in [0.05, 0.1) is 6.61 Å². The van der Waals surface area contributed by atoms with Crippen molar-refractivity contribution in [2.75, 3.05) is 0 Å². The van der Waals surface area contributed by atoms with E-state index in [0.717, 1.165) is 16.3 Å². The molecule has 0 fully saturated rings. The minimum Gasteiger partial charge on any atom is -0.483 e. The van der Waals surface area contributed by atoms with Crippen molar-refractivity contribution in [3.8, 4) is 5.75 Å². The molecule has 0 amide bonds. The fraction of sp³-hybridized carbons (Fsp3) is 0.200. The first-order valence-electron chi connectivity index (χ1n) is 6.31. The van der Waals surface area contributed by atoms with E-state index in [9.17, 15) is 5.11 Å². The fourth-order valence-electron chi connectivity index (χ4n) is 2.15. The van der Waals surface area contributed by atoms with Crippen LogP contribution in [0.2, 0.25) is 0 Å². The number of hydrogen-bond donors (Lipinski definition) is 1. The fourth-order valence-corrected chi connectivity index (χ4v) is 2.15. The quantitative estimate of drug-likeness (QED) is 0.789. The zero-order valence-electron chi connectivity index (χ0n) is 11.0. The number of nitrogens with zero attached hydrogens (tertiary/aromatic N) is 2. The van der Waals surface area contributed by atoms with Crippen molar-refractivity contribution in [2.45, 2.75) is 20.1 Å². The van der Waals surface area contributed by atoms with E-state index in [1.165, 1.54) is 0 Å². The van der Waals surface area contributed by atoms with Gasteiger partial charge < -0.3 is 14.3 Å². The standard InChI is InChI=1S/C15H14N2O3/c1-10-16-17-15(20-10)9-19-14-7-6-11-4-2-3-5-12(11)13(14)8-18/h2-7,18H,8-9H2,1H3. The van der Waals surface area contributed by atoms with Gasteiger partial charge in [0.2, 0.25) is 5.89 Å². The largest absolute Gasteiger partial charge is 0.483 e. The van der Waals surface area contributed by atoms with E-state index >= 15 is 0 Å². The van der Waals surface area contributed by atoms with Crippen LogP contribution >= 0.6 is 0 Å². The third-order valence-corrected chi connectivity index (χ3v) is 3.07. The number of hydrogen-bond acceptors (Lipinski definition) is 5. The molecular weight excluding hydrogens is 256 g/mol. The van der Waals surface area contributed by atoms with Gasteiger partial charge in [-0.15, -0.1) is 10.2 Å². The molecule has 0 saturated heterocycles. The van der Waals surface area contributed by atoms with Gasteiger partial charge in [0.25, 0.3) is 5.89 Å². The van der Waals surface area contributed by atoms with E-state index in [1.807, 2.05) is 36.4 Å². The number of benzene rings is 2. The van der Waals surface area contributed by atoms with E-state index < -0.39 is 0 Å². The van der Waals surface area contributed by atoms with Crippen LogP contribution < -0.4 is 4.74 Å². The normalized spacial score (nSPS) is 10.9. The summed E-state index contributed by atoms with van der Waals surface area (Å²) in [4.78, 5) is 0. The van der Waals surface area contributed by atoms with Crippen molar-refractivity contribution in [1.29, 1.82) is 0 Å². The van der Waals surface area contributed by atoms with Crippen molar-refractivity contribution < 1.29 is 14.3 Å². The maximum Gasteiger partial charge on any atom is 0.253 e. The Hall–Kier alpha value is -2.40. The Bertz CT molecular complexity index is 737. The number of aromatic nitrogens is 2. The molecule has 0 bridgehead atoms. The first kappa shape index (κ1) is 12.6. The SMILES string of the molecule is Cc1nnc(COc2ccc3ccccc3c2CO)o1. The Labute approximate surface area is 115 Å². The van der Waals surface area contributed by atoms with Crippen LogP contribution in [0.15, 0.2) is 40.8 Å². The lowest BCUT2D eigenvalue weighted by molar-refractivity contribution is 0.241. The smallest absolute Gasteiger partial charge is 0.253 e. The number of aliphatic hydroxyl groups excluding tert-OH is 1. The summed E-state index contributed by atoms with van der Waals surface area (Å²) in [5, 5.41) is 19.3. The molecule has 5 heteroatoms. The zero-order valence-corrected chi connectivity index (χ0v) is 11.0. The molecule has 20 heavy (non-hydrogen) atoms. The number of ether oxygens (including phenoxy) is 1. The highest BCUT2D eigenvalue weighted by atomic mass is 16.5. The van der Waals surface area contributed by atoms with E-state index in [1.54, 1.807) is 6.92 Å². The molecule has 0 aliphatic heterocycles. The lowest BCUT2D eigenvalue weighted by atomic mass is 10.0. The Morgan fingerprint density at radius 1 is 1.15 bits per heavy atom. The third-order valence-electron chi connectivity index (χ3n) is 3.07. The Balaban J connectivity index is 1.91. The van der Waals surface area contributed by atoms with Crippen LogP contribution in [0.25, 0.3) is 10.8 Å². The molecule has 0 atom stereocenters. The van der Waals surface area contributed by atoms with Crippen LogP contribution in [-0.2, 0) is 13.2 Å². The highest BCUT2D eigenvalue weighted by Gasteiger charge is 2.10. The number of fused-ring (bicyclic) bond motifs is 1. The maximum absolute atomic E-state index is 9.59. The van der Waals surface area contributed by atoms with Gasteiger partial charge in [-0.25, -0.2) is 0 Å². The summed E-state index contributed by atoms with van der Waals surface area (Å²) in [5.41, 5.74) is 0.763. The summed E-state index contributed by atoms with van der Waals surface area (Å²) < 4.78 is 10.9. The molecule has 2 aromatic carbocycles. The molecule has 0 unspecified atom stereocenters. The van der Waals surface area contributed by atoms with Gasteiger partial charge in [-0.2, -0.15) is 0 Å². The van der Waals surface area contributed by atoms with Gasteiger partial charge in [0.1, 0.15) is 5.75 Å². The van der Waals surface area contributed by atoms with E-state index in [0.29, 0.717) is 17.5 Å². The second-order valence-corrected chi connectivity index (χ2v) is 4.42. The van der Waals surface area contributed by atoms with E-state index in [2.05, 4.69) is 10.2 Å². The highest BCUT2D eigenvalue weighted by molar-refractivity contribution is 5.87. The summed E-state index contributed by atoms with van der Waals surface area (Å²) in [6.07, 6.45) is 0. The molecule has 0 spiro atoms. The maximum atomic E-state index is 9.59. The summed E-state index contributed by atoms with van der Waals surface area (Å²) in [5.74, 6) is 1.55. The zero-order chi connectivity index (χ0) is 13.9. The minimum absolute atomic E-state index is 0.0838. The lowest BCUT2D eigenvalue weighted by Gasteiger charge is -2.11. The highest BCUT2D eigenvalue weighted by Crippen LogP contribution is 2.28. The third kappa shape index (κ3) is 2.35. The van der Waals surface area contributed by atoms with Gasteiger partial charge in [-0.1, -0.05) is 30.3 Å². The molecule has 1 aromatic heterocycles. The van der Waals surface area contributed by atoms with E-state index in [-0.39, 0.29) is 13.2 Å². The molecule has 1 N–H and O–H groups in total. The molecule has 0 aliphatic carbocycles. The van der Waals surface area contributed by atoms with Crippen LogP contribution in [0, 0.1) is 6.92 Å². The summed E-state index contributed by atoms with van der Waals surface area (Å²) in [6, 6.07) is 11.7. The molecule has 1 heterocycles. The first-order valence-corrected chi connectivity index (χ1v) is 6.31. The Kier molecular flexibility index (Phi) is 3.35. The predicted molar refractivity (Wildman–Crippen MR) is 73.2 cm³/mol. The van der Waals surface area contributed by atoms with E-state index in [4.69, 9.17) is 9.15 Å². The molecule has 0 aliphatic rings. The molecular formula is C15H14N2O3. The van der Waals surface area contributed by atoms with Gasteiger partial charge in [-0.05, 0) is 16.8 Å². The molecule has 3 aromatic rings. The van der Waals surface area contributed by atoms with Crippen LogP contribution in [0.5, 0.6) is 5.75 Å². The topological polar surface area (TPSA) is 68.4 Å². The number of aliphatic hydroxyl groups is 1. The lowest BCUT2D eigenvalue weighted by Crippen LogP contribution is -2.00. The Morgan fingerprint density at radius 2 is 2.00 bits per heavy atom. The van der Waals surface area contributed by atoms with Crippen molar-refractivity contribution in [3.05, 3.63) is 53.7 Å². The number of aryl methyl sites for hydroxylation is 1. The van der Waals surface area contributed by atoms with Crippen molar-refractivity contribution in [3.63, 3.8) is 0 Å². The second-order valence-electron chi connectivity index (χ2n) is 4.42. The molecule has 0 saturated carbocycles. The summed E-state index contributed by atoms with van der Waals surface area (Å²) in [7, 11) is 0. The minimum atomic E-state index is -0.0838. The summed E-state index contributed by atoms with van der Waals surface area (Å²) >= 11 is 0. The second kappa shape index (κ2) is 5.30. The van der Waals surface area contributed by atoms with Gasteiger partial charge in [0, 0.05) is 12.5 Å². The summed E-state index contributed by atoms with van der Waals surface area (Å²) in [6.45, 7) is 1.83. The molecule has 3 rings (SSSR count). The van der Waals surface area contributed by atoms with Gasteiger partial charge in [-0.3, -0.25) is 0 Å². The van der Waals surface area contributed by atoms with Gasteiger partial charge in [0.15, 0.2) is 6.61 Å². The average molecular weight is 270 g/mol. The monoisotopic (exact) mass is 270 g/mol. The van der Waals surface area contributed by atoms with Crippen LogP contribution in [0.4, 0.5) is 0 Å². The van der Waals surface area contributed by atoms with Crippen molar-refractivity contribution in [1.82, 2.24) is 10.2 Å².